The number of nitrogen functional groups attached to an aromatic ring is 1. The summed E-state index contributed by atoms with van der Waals surface area (Å²) in [6, 6.07) is 1.65. The van der Waals surface area contributed by atoms with Crippen molar-refractivity contribution in [1.82, 2.24) is 4.98 Å². The fraction of sp³-hybridized carbons (Fsp3) is 0.154. The minimum Gasteiger partial charge on any atom is -0.383 e. The standard InChI is InChI=1S/C13H12F3N3/c1-6-2-3-19-13(18)10(6)12(17)11-8(15)4-7(14)5-9(11)16/h2-5,12H,17H2,1H3,(H2,18,19). The molecular weight excluding hydrogens is 255 g/mol. The number of nitrogens with zero attached hydrogens (tertiary/aromatic N) is 1. The Morgan fingerprint density at radius 3 is 2.21 bits per heavy atom. The van der Waals surface area contributed by atoms with Gasteiger partial charge in [0.05, 0.1) is 6.04 Å². The van der Waals surface area contributed by atoms with Crippen LogP contribution in [0.3, 0.4) is 0 Å². The van der Waals surface area contributed by atoms with Crippen LogP contribution in [-0.2, 0) is 0 Å². The van der Waals surface area contributed by atoms with Gasteiger partial charge < -0.3 is 11.5 Å². The third kappa shape index (κ3) is 2.39. The van der Waals surface area contributed by atoms with Crippen LogP contribution in [0.15, 0.2) is 24.4 Å². The first-order chi connectivity index (χ1) is 8.91. The van der Waals surface area contributed by atoms with E-state index in [0.29, 0.717) is 23.3 Å². The van der Waals surface area contributed by atoms with E-state index in [1.54, 1.807) is 13.0 Å². The number of benzene rings is 1. The lowest BCUT2D eigenvalue weighted by Gasteiger charge is -2.18. The Kier molecular flexibility index (Phi) is 3.44. The molecule has 1 aromatic heterocycles. The zero-order valence-electron chi connectivity index (χ0n) is 10.1. The van der Waals surface area contributed by atoms with E-state index in [1.165, 1.54) is 6.20 Å². The number of aromatic nitrogens is 1. The Morgan fingerprint density at radius 1 is 1.11 bits per heavy atom. The van der Waals surface area contributed by atoms with Crippen LogP contribution in [0.4, 0.5) is 19.0 Å². The summed E-state index contributed by atoms with van der Waals surface area (Å²) in [6.07, 6.45) is 1.47. The maximum absolute atomic E-state index is 13.7. The molecule has 100 valence electrons. The predicted molar refractivity (Wildman–Crippen MR) is 65.7 cm³/mol. The van der Waals surface area contributed by atoms with E-state index in [1.807, 2.05) is 0 Å². The van der Waals surface area contributed by atoms with E-state index < -0.39 is 29.1 Å². The summed E-state index contributed by atoms with van der Waals surface area (Å²) in [4.78, 5) is 3.84. The lowest BCUT2D eigenvalue weighted by molar-refractivity contribution is 0.515. The van der Waals surface area contributed by atoms with E-state index in [4.69, 9.17) is 11.5 Å². The highest BCUT2D eigenvalue weighted by atomic mass is 19.1. The smallest absolute Gasteiger partial charge is 0.134 e. The Morgan fingerprint density at radius 2 is 1.68 bits per heavy atom. The summed E-state index contributed by atoms with van der Waals surface area (Å²) >= 11 is 0. The highest BCUT2D eigenvalue weighted by Gasteiger charge is 2.23. The maximum Gasteiger partial charge on any atom is 0.134 e. The van der Waals surface area contributed by atoms with Crippen molar-refractivity contribution in [3.8, 4) is 0 Å². The lowest BCUT2D eigenvalue weighted by Crippen LogP contribution is -2.19. The van der Waals surface area contributed by atoms with Crippen LogP contribution < -0.4 is 11.5 Å². The van der Waals surface area contributed by atoms with Crippen molar-refractivity contribution in [2.45, 2.75) is 13.0 Å². The molecule has 3 nitrogen and oxygen atoms in total. The van der Waals surface area contributed by atoms with Gasteiger partial charge in [0.1, 0.15) is 23.3 Å². The number of halogens is 3. The van der Waals surface area contributed by atoms with Gasteiger partial charge in [-0.25, -0.2) is 18.2 Å². The van der Waals surface area contributed by atoms with Crippen molar-refractivity contribution in [3.63, 3.8) is 0 Å². The van der Waals surface area contributed by atoms with Crippen molar-refractivity contribution >= 4 is 5.82 Å². The topological polar surface area (TPSA) is 64.9 Å². The van der Waals surface area contributed by atoms with Crippen molar-refractivity contribution in [2.24, 2.45) is 5.73 Å². The lowest BCUT2D eigenvalue weighted by atomic mass is 9.95. The minimum absolute atomic E-state index is 0.0932. The van der Waals surface area contributed by atoms with Crippen LogP contribution in [-0.4, -0.2) is 4.98 Å². The molecule has 0 spiro atoms. The summed E-state index contributed by atoms with van der Waals surface area (Å²) in [6.45, 7) is 1.70. The largest absolute Gasteiger partial charge is 0.383 e. The zero-order chi connectivity index (χ0) is 14.2. The van der Waals surface area contributed by atoms with Gasteiger partial charge in [-0.2, -0.15) is 0 Å². The van der Waals surface area contributed by atoms with Crippen LogP contribution in [0.25, 0.3) is 0 Å². The number of hydrogen-bond donors (Lipinski definition) is 2. The number of anilines is 1. The van der Waals surface area contributed by atoms with Gasteiger partial charge in [0.15, 0.2) is 0 Å². The fourth-order valence-corrected chi connectivity index (χ4v) is 1.99. The Bertz CT molecular complexity index is 585. The normalized spacial score (nSPS) is 12.5. The SMILES string of the molecule is Cc1ccnc(N)c1C(N)c1c(F)cc(F)cc1F. The van der Waals surface area contributed by atoms with Crippen LogP contribution in [0, 0.1) is 24.4 Å². The highest BCUT2D eigenvalue weighted by Crippen LogP contribution is 2.30. The predicted octanol–water partition coefficient (Wildman–Crippen LogP) is 2.44. The number of aryl methyl sites for hydroxylation is 1. The first-order valence-corrected chi connectivity index (χ1v) is 5.52. The molecule has 2 rings (SSSR count). The van der Waals surface area contributed by atoms with Gasteiger partial charge in [0.2, 0.25) is 0 Å². The monoisotopic (exact) mass is 267 g/mol. The second-order valence-corrected chi connectivity index (χ2v) is 4.19. The molecule has 2 aromatic rings. The summed E-state index contributed by atoms with van der Waals surface area (Å²) in [5.74, 6) is -3.00. The quantitative estimate of drug-likeness (QED) is 0.878. The fourth-order valence-electron chi connectivity index (χ4n) is 1.99. The number of nitrogens with two attached hydrogens (primary N) is 2. The van der Waals surface area contributed by atoms with Crippen LogP contribution >= 0.6 is 0 Å². The molecule has 1 unspecified atom stereocenters. The molecule has 0 saturated carbocycles. The molecule has 1 heterocycles. The van der Waals surface area contributed by atoms with Crippen molar-refractivity contribution in [2.75, 3.05) is 5.73 Å². The van der Waals surface area contributed by atoms with Crippen molar-refractivity contribution in [1.29, 1.82) is 0 Å². The van der Waals surface area contributed by atoms with Gasteiger partial charge in [-0.1, -0.05) is 0 Å². The van der Waals surface area contributed by atoms with Crippen LogP contribution in [0.2, 0.25) is 0 Å². The van der Waals surface area contributed by atoms with E-state index in [2.05, 4.69) is 4.98 Å². The van der Waals surface area contributed by atoms with E-state index in [0.717, 1.165) is 0 Å². The van der Waals surface area contributed by atoms with E-state index >= 15 is 0 Å². The molecule has 0 radical (unpaired) electrons. The molecule has 0 amide bonds. The first kappa shape index (κ1) is 13.4. The molecule has 6 heteroatoms. The summed E-state index contributed by atoms with van der Waals surface area (Å²) < 4.78 is 40.3. The van der Waals surface area contributed by atoms with Crippen molar-refractivity contribution in [3.05, 3.63) is 58.5 Å². The Hall–Kier alpha value is -2.08. The Balaban J connectivity index is 2.60. The molecule has 0 bridgehead atoms. The van der Waals surface area contributed by atoms with Gasteiger partial charge >= 0.3 is 0 Å². The highest BCUT2D eigenvalue weighted by molar-refractivity contribution is 5.50. The average Bonchev–Trinajstić information content (AvgIpc) is 2.26. The summed E-state index contributed by atoms with van der Waals surface area (Å²) in [5.41, 5.74) is 12.1. The van der Waals surface area contributed by atoms with Crippen LogP contribution in [0.1, 0.15) is 22.7 Å². The molecule has 19 heavy (non-hydrogen) atoms. The van der Waals surface area contributed by atoms with Gasteiger partial charge in [-0.15, -0.1) is 0 Å². The van der Waals surface area contributed by atoms with Gasteiger partial charge in [0.25, 0.3) is 0 Å². The number of rotatable bonds is 2. The molecule has 0 aliphatic heterocycles. The second-order valence-electron chi connectivity index (χ2n) is 4.19. The molecule has 1 atom stereocenters. The third-order valence-electron chi connectivity index (χ3n) is 2.90. The Labute approximate surface area is 108 Å². The molecule has 1 aromatic carbocycles. The number of hydrogen-bond acceptors (Lipinski definition) is 3. The van der Waals surface area contributed by atoms with E-state index in [9.17, 15) is 13.2 Å². The molecule has 0 fully saturated rings. The summed E-state index contributed by atoms with van der Waals surface area (Å²) in [5, 5.41) is 0. The molecule has 0 aliphatic rings. The second kappa shape index (κ2) is 4.89. The van der Waals surface area contributed by atoms with Crippen molar-refractivity contribution < 1.29 is 13.2 Å². The first-order valence-electron chi connectivity index (χ1n) is 5.52. The molecule has 0 aliphatic carbocycles. The van der Waals surface area contributed by atoms with E-state index in [-0.39, 0.29) is 5.82 Å². The number of pyridine rings is 1. The zero-order valence-corrected chi connectivity index (χ0v) is 10.1. The molecule has 4 N–H and O–H groups in total. The molecule has 0 saturated heterocycles. The van der Waals surface area contributed by atoms with Crippen LogP contribution in [0.5, 0.6) is 0 Å². The van der Waals surface area contributed by atoms with Gasteiger partial charge in [-0.3, -0.25) is 0 Å². The maximum atomic E-state index is 13.7. The average molecular weight is 267 g/mol. The molecular formula is C13H12F3N3. The summed E-state index contributed by atoms with van der Waals surface area (Å²) in [7, 11) is 0. The third-order valence-corrected chi connectivity index (χ3v) is 2.90. The minimum atomic E-state index is -1.14. The van der Waals surface area contributed by atoms with Gasteiger partial charge in [-0.05, 0) is 18.6 Å². The van der Waals surface area contributed by atoms with Gasteiger partial charge in [0, 0.05) is 29.5 Å².